The topological polar surface area (TPSA) is 33.2 Å². The summed E-state index contributed by atoms with van der Waals surface area (Å²) in [5.41, 5.74) is 0.600. The second kappa shape index (κ2) is 6.02. The smallest absolute Gasteiger partial charge is 0.332 e. The molecule has 23 heavy (non-hydrogen) atoms. The molecule has 1 aliphatic rings. The zero-order chi connectivity index (χ0) is 16.4. The predicted octanol–water partition coefficient (Wildman–Crippen LogP) is 4.08. The molecule has 1 aromatic heterocycles. The Bertz CT molecular complexity index is 683. The Labute approximate surface area is 131 Å². The molecular formula is C17H15F3N2O. The quantitative estimate of drug-likeness (QED) is 0.835. The van der Waals surface area contributed by atoms with E-state index in [0.29, 0.717) is 12.1 Å². The molecule has 0 spiro atoms. The summed E-state index contributed by atoms with van der Waals surface area (Å²) in [5.74, 6) is -0.116. The molecule has 1 saturated heterocycles. The molecule has 1 unspecified atom stereocenters. The van der Waals surface area contributed by atoms with Crippen molar-refractivity contribution in [3.05, 3.63) is 65.5 Å². The minimum atomic E-state index is -4.35. The number of alkyl halides is 3. The molecule has 3 rings (SSSR count). The average Bonchev–Trinajstić information content (AvgIpc) is 3.04. The Morgan fingerprint density at radius 1 is 1.09 bits per heavy atom. The van der Waals surface area contributed by atoms with Crippen LogP contribution in [0, 0.1) is 0 Å². The summed E-state index contributed by atoms with van der Waals surface area (Å²) in [6.07, 6.45) is 0.346. The molecule has 2 aromatic rings. The van der Waals surface area contributed by atoms with E-state index >= 15 is 0 Å². The van der Waals surface area contributed by atoms with E-state index in [0.717, 1.165) is 30.5 Å². The van der Waals surface area contributed by atoms with Crippen molar-refractivity contribution in [1.29, 1.82) is 0 Å². The van der Waals surface area contributed by atoms with Crippen LogP contribution in [0.25, 0.3) is 0 Å². The summed E-state index contributed by atoms with van der Waals surface area (Å²) in [6, 6.07) is 8.18. The molecule has 0 aliphatic carbocycles. The van der Waals surface area contributed by atoms with Gasteiger partial charge in [-0.25, -0.2) is 0 Å². The van der Waals surface area contributed by atoms with Crippen molar-refractivity contribution >= 4 is 5.91 Å². The van der Waals surface area contributed by atoms with Gasteiger partial charge in [0.15, 0.2) is 0 Å². The van der Waals surface area contributed by atoms with Gasteiger partial charge in [-0.2, -0.15) is 13.2 Å². The van der Waals surface area contributed by atoms with Crippen LogP contribution in [0.2, 0.25) is 0 Å². The summed E-state index contributed by atoms with van der Waals surface area (Å²) in [5, 5.41) is 0. The molecule has 0 N–H and O–H groups in total. The van der Waals surface area contributed by atoms with Crippen molar-refractivity contribution in [2.75, 3.05) is 6.54 Å². The van der Waals surface area contributed by atoms with Gasteiger partial charge in [-0.3, -0.25) is 9.78 Å². The molecule has 0 radical (unpaired) electrons. The lowest BCUT2D eigenvalue weighted by Gasteiger charge is -2.25. The molecule has 1 amide bonds. The minimum Gasteiger partial charge on any atom is -0.332 e. The summed E-state index contributed by atoms with van der Waals surface area (Å²) >= 11 is 0. The lowest BCUT2D eigenvalue weighted by molar-refractivity contribution is -0.137. The Kier molecular flexibility index (Phi) is 4.07. The Hall–Kier alpha value is -2.37. The molecule has 2 heterocycles. The third-order valence-corrected chi connectivity index (χ3v) is 4.06. The molecule has 3 nitrogen and oxygen atoms in total. The second-order valence-electron chi connectivity index (χ2n) is 5.51. The summed E-state index contributed by atoms with van der Waals surface area (Å²) < 4.78 is 38.0. The molecule has 1 fully saturated rings. The van der Waals surface area contributed by atoms with Gasteiger partial charge in [-0.15, -0.1) is 0 Å². The third kappa shape index (κ3) is 3.21. The number of halogens is 3. The fraction of sp³-hybridized carbons (Fsp3) is 0.294. The van der Waals surface area contributed by atoms with Crippen LogP contribution < -0.4 is 0 Å². The van der Waals surface area contributed by atoms with Gasteiger partial charge in [0.2, 0.25) is 0 Å². The first-order valence-corrected chi connectivity index (χ1v) is 7.35. The fourth-order valence-electron chi connectivity index (χ4n) is 2.91. The maximum absolute atomic E-state index is 12.7. The van der Waals surface area contributed by atoms with Crippen molar-refractivity contribution in [2.24, 2.45) is 0 Å². The maximum atomic E-state index is 12.7. The SMILES string of the molecule is O=C(c1ccncc1)N1CCCC1c1ccc(C(F)(F)F)cc1. The first kappa shape index (κ1) is 15.5. The van der Waals surface area contributed by atoms with Gasteiger partial charge in [0, 0.05) is 24.5 Å². The average molecular weight is 320 g/mol. The number of aromatic nitrogens is 1. The normalized spacial score (nSPS) is 18.2. The number of hydrogen-bond acceptors (Lipinski definition) is 2. The highest BCUT2D eigenvalue weighted by Gasteiger charge is 2.33. The van der Waals surface area contributed by atoms with Crippen LogP contribution in [0.1, 0.15) is 40.4 Å². The molecule has 0 bridgehead atoms. The van der Waals surface area contributed by atoms with Crippen LogP contribution in [-0.4, -0.2) is 22.3 Å². The van der Waals surface area contributed by atoms with Crippen LogP contribution >= 0.6 is 0 Å². The molecule has 1 aliphatic heterocycles. The highest BCUT2D eigenvalue weighted by Crippen LogP contribution is 2.35. The van der Waals surface area contributed by atoms with Crippen molar-refractivity contribution in [1.82, 2.24) is 9.88 Å². The number of carbonyl (C=O) groups excluding carboxylic acids is 1. The second-order valence-corrected chi connectivity index (χ2v) is 5.51. The standard InChI is InChI=1S/C17H15F3N2O/c18-17(19,20)14-5-3-12(4-6-14)15-2-1-11-22(15)16(23)13-7-9-21-10-8-13/h3-10,15H,1-2,11H2. The number of carbonyl (C=O) groups is 1. The van der Waals surface area contributed by atoms with Crippen LogP contribution in [0.4, 0.5) is 13.2 Å². The number of likely N-dealkylation sites (tertiary alicyclic amines) is 1. The number of rotatable bonds is 2. The lowest BCUT2D eigenvalue weighted by Crippen LogP contribution is -2.30. The predicted molar refractivity (Wildman–Crippen MR) is 78.7 cm³/mol. The van der Waals surface area contributed by atoms with E-state index in [9.17, 15) is 18.0 Å². The van der Waals surface area contributed by atoms with Gasteiger partial charge in [0.1, 0.15) is 0 Å². The van der Waals surface area contributed by atoms with Gasteiger partial charge in [-0.05, 0) is 42.7 Å². The van der Waals surface area contributed by atoms with Crippen molar-refractivity contribution < 1.29 is 18.0 Å². The van der Waals surface area contributed by atoms with E-state index in [1.165, 1.54) is 12.1 Å². The first-order chi connectivity index (χ1) is 11.0. The van der Waals surface area contributed by atoms with Gasteiger partial charge in [0.05, 0.1) is 11.6 Å². The van der Waals surface area contributed by atoms with Gasteiger partial charge in [0.25, 0.3) is 5.91 Å². The molecule has 1 atom stereocenters. The number of hydrogen-bond donors (Lipinski definition) is 0. The number of amides is 1. The van der Waals surface area contributed by atoms with E-state index in [1.807, 2.05) is 0 Å². The van der Waals surface area contributed by atoms with Crippen LogP contribution in [0.3, 0.4) is 0 Å². The monoisotopic (exact) mass is 320 g/mol. The minimum absolute atomic E-state index is 0.116. The Morgan fingerprint density at radius 3 is 2.35 bits per heavy atom. The summed E-state index contributed by atoms with van der Waals surface area (Å²) in [4.78, 5) is 18.2. The summed E-state index contributed by atoms with van der Waals surface area (Å²) in [6.45, 7) is 0.604. The van der Waals surface area contributed by atoms with Gasteiger partial charge < -0.3 is 4.90 Å². The maximum Gasteiger partial charge on any atom is 0.416 e. The van der Waals surface area contributed by atoms with Crippen molar-refractivity contribution in [2.45, 2.75) is 25.1 Å². The van der Waals surface area contributed by atoms with E-state index in [1.54, 1.807) is 29.4 Å². The summed E-state index contributed by atoms with van der Waals surface area (Å²) in [7, 11) is 0. The largest absolute Gasteiger partial charge is 0.416 e. The molecule has 120 valence electrons. The Morgan fingerprint density at radius 2 is 1.74 bits per heavy atom. The van der Waals surface area contributed by atoms with Gasteiger partial charge in [-0.1, -0.05) is 12.1 Å². The van der Waals surface area contributed by atoms with Crippen LogP contribution in [0.5, 0.6) is 0 Å². The number of pyridine rings is 1. The van der Waals surface area contributed by atoms with E-state index in [4.69, 9.17) is 0 Å². The fourth-order valence-corrected chi connectivity index (χ4v) is 2.91. The van der Waals surface area contributed by atoms with Gasteiger partial charge >= 0.3 is 6.18 Å². The first-order valence-electron chi connectivity index (χ1n) is 7.35. The lowest BCUT2D eigenvalue weighted by atomic mass is 10.0. The zero-order valence-corrected chi connectivity index (χ0v) is 12.3. The molecule has 6 heteroatoms. The highest BCUT2D eigenvalue weighted by atomic mass is 19.4. The third-order valence-electron chi connectivity index (χ3n) is 4.06. The number of nitrogens with zero attached hydrogens (tertiary/aromatic N) is 2. The molecule has 0 saturated carbocycles. The Balaban J connectivity index is 1.83. The van der Waals surface area contributed by atoms with E-state index in [-0.39, 0.29) is 11.9 Å². The van der Waals surface area contributed by atoms with Crippen LogP contribution in [0.15, 0.2) is 48.8 Å². The van der Waals surface area contributed by atoms with Crippen molar-refractivity contribution in [3.63, 3.8) is 0 Å². The molecular weight excluding hydrogens is 305 g/mol. The molecule has 1 aromatic carbocycles. The van der Waals surface area contributed by atoms with Crippen molar-refractivity contribution in [3.8, 4) is 0 Å². The van der Waals surface area contributed by atoms with E-state index < -0.39 is 11.7 Å². The number of benzene rings is 1. The highest BCUT2D eigenvalue weighted by molar-refractivity contribution is 5.94. The van der Waals surface area contributed by atoms with Crippen LogP contribution in [-0.2, 0) is 6.18 Å². The zero-order valence-electron chi connectivity index (χ0n) is 12.3. The van der Waals surface area contributed by atoms with E-state index in [2.05, 4.69) is 4.98 Å².